The first kappa shape index (κ1) is 18.6. The third-order valence-corrected chi connectivity index (χ3v) is 3.04. The first-order chi connectivity index (χ1) is 11.8. The second kappa shape index (κ2) is 8.36. The van der Waals surface area contributed by atoms with E-state index in [-0.39, 0.29) is 25.2 Å². The van der Waals surface area contributed by atoms with Crippen LogP contribution in [0.15, 0.2) is 35.3 Å². The maximum atomic E-state index is 11.7. The molecule has 1 aliphatic heterocycles. The highest BCUT2D eigenvalue weighted by atomic mass is 16.7. The van der Waals surface area contributed by atoms with Crippen LogP contribution in [-0.4, -0.2) is 43.0 Å². The van der Waals surface area contributed by atoms with Crippen molar-refractivity contribution < 1.29 is 23.8 Å². The molecule has 1 atom stereocenters. The van der Waals surface area contributed by atoms with Gasteiger partial charge in [-0.05, 0) is 26.3 Å². The Morgan fingerprint density at radius 1 is 1.24 bits per heavy atom. The van der Waals surface area contributed by atoms with Crippen molar-refractivity contribution in [3.05, 3.63) is 35.9 Å². The van der Waals surface area contributed by atoms with Crippen molar-refractivity contribution in [2.75, 3.05) is 13.2 Å². The molecule has 2 N–H and O–H groups in total. The zero-order chi connectivity index (χ0) is 18.3. The molecule has 0 bridgehead atoms. The van der Waals surface area contributed by atoms with E-state index >= 15 is 0 Å². The zero-order valence-corrected chi connectivity index (χ0v) is 14.6. The lowest BCUT2D eigenvalue weighted by Crippen LogP contribution is -2.44. The van der Waals surface area contributed by atoms with Crippen molar-refractivity contribution in [2.24, 2.45) is 4.99 Å². The molecule has 1 aromatic rings. The Kier molecular flexibility index (Phi) is 6.21. The van der Waals surface area contributed by atoms with Crippen LogP contribution >= 0.6 is 0 Å². The van der Waals surface area contributed by atoms with Gasteiger partial charge in [0.2, 0.25) is 5.96 Å². The quantitative estimate of drug-likeness (QED) is 0.809. The smallest absolute Gasteiger partial charge is 0.444 e. The number of hydrogen-bond acceptors (Lipinski definition) is 7. The van der Waals surface area contributed by atoms with Crippen LogP contribution in [0.1, 0.15) is 26.3 Å². The topological polar surface area (TPSA) is 98.3 Å². The number of amides is 1. The summed E-state index contributed by atoms with van der Waals surface area (Å²) in [5.74, 6) is 0.288. The molecule has 25 heavy (non-hydrogen) atoms. The summed E-state index contributed by atoms with van der Waals surface area (Å²) in [5.41, 5.74) is 0.286. The molecule has 1 heterocycles. The average molecular weight is 349 g/mol. The molecule has 8 nitrogen and oxygen atoms in total. The molecule has 1 amide bonds. The first-order valence-corrected chi connectivity index (χ1v) is 7.96. The summed E-state index contributed by atoms with van der Waals surface area (Å²) in [6, 6.07) is 9.13. The Hall–Kier alpha value is -2.77. The minimum atomic E-state index is -0.738. The van der Waals surface area contributed by atoms with Gasteiger partial charge in [0, 0.05) is 0 Å². The Labute approximate surface area is 146 Å². The Bertz CT molecular complexity index is 625. The number of nitrogens with zero attached hydrogens (tertiary/aromatic N) is 1. The molecule has 1 aromatic carbocycles. The molecule has 136 valence electrons. The molecular formula is C17H23N3O5. The number of hydrogen-bond donors (Lipinski definition) is 2. The summed E-state index contributed by atoms with van der Waals surface area (Å²) in [6.07, 6.45) is -1.35. The fraction of sp³-hybridized carbons (Fsp3) is 0.471. The molecule has 0 spiro atoms. The molecule has 0 saturated heterocycles. The van der Waals surface area contributed by atoms with Crippen LogP contribution in [0, 0.1) is 0 Å². The van der Waals surface area contributed by atoms with E-state index in [0.717, 1.165) is 5.56 Å². The minimum absolute atomic E-state index is 0.0860. The number of aliphatic imine (C=N–C) groups is 1. The third kappa shape index (κ3) is 7.11. The highest BCUT2D eigenvalue weighted by Gasteiger charge is 2.23. The lowest BCUT2D eigenvalue weighted by atomic mass is 10.2. The Morgan fingerprint density at radius 3 is 2.64 bits per heavy atom. The van der Waals surface area contributed by atoms with Crippen molar-refractivity contribution in [3.63, 3.8) is 0 Å². The van der Waals surface area contributed by atoms with Crippen molar-refractivity contribution >= 4 is 18.2 Å². The monoisotopic (exact) mass is 349 g/mol. The summed E-state index contributed by atoms with van der Waals surface area (Å²) in [5, 5.41) is 5.45. The van der Waals surface area contributed by atoms with Gasteiger partial charge in [-0.25, -0.2) is 9.59 Å². The average Bonchev–Trinajstić information content (AvgIpc) is 2.98. The highest BCUT2D eigenvalue weighted by molar-refractivity contribution is 5.94. The van der Waals surface area contributed by atoms with Crippen LogP contribution in [0.3, 0.4) is 0 Å². The number of alkyl carbamates (subject to hydrolysis) is 1. The van der Waals surface area contributed by atoms with Crippen molar-refractivity contribution in [3.8, 4) is 0 Å². The van der Waals surface area contributed by atoms with E-state index in [1.165, 1.54) is 0 Å². The van der Waals surface area contributed by atoms with Crippen molar-refractivity contribution in [1.29, 1.82) is 0 Å². The predicted molar refractivity (Wildman–Crippen MR) is 91.2 cm³/mol. The van der Waals surface area contributed by atoms with Gasteiger partial charge >= 0.3 is 12.2 Å². The largest absolute Gasteiger partial charge is 0.508 e. The van der Waals surface area contributed by atoms with Gasteiger partial charge in [0.05, 0.1) is 12.6 Å². The van der Waals surface area contributed by atoms with Crippen molar-refractivity contribution in [1.82, 2.24) is 10.6 Å². The number of guanidine groups is 1. The van der Waals surface area contributed by atoms with E-state index < -0.39 is 17.8 Å². The molecule has 0 fully saturated rings. The van der Waals surface area contributed by atoms with Gasteiger partial charge in [-0.2, -0.15) is 0 Å². The van der Waals surface area contributed by atoms with Gasteiger partial charge in [0.15, 0.2) is 0 Å². The van der Waals surface area contributed by atoms with E-state index in [1.54, 1.807) is 20.8 Å². The number of rotatable bonds is 4. The van der Waals surface area contributed by atoms with Crippen LogP contribution in [-0.2, 0) is 20.8 Å². The van der Waals surface area contributed by atoms with Gasteiger partial charge in [0.25, 0.3) is 0 Å². The summed E-state index contributed by atoms with van der Waals surface area (Å²) in [4.78, 5) is 27.4. The lowest BCUT2D eigenvalue weighted by molar-refractivity contribution is -0.00939. The highest BCUT2D eigenvalue weighted by Crippen LogP contribution is 2.08. The van der Waals surface area contributed by atoms with E-state index in [4.69, 9.17) is 14.2 Å². The predicted octanol–water partition coefficient (Wildman–Crippen LogP) is 2.19. The first-order valence-electron chi connectivity index (χ1n) is 7.96. The van der Waals surface area contributed by atoms with Gasteiger partial charge in [-0.1, -0.05) is 30.3 Å². The molecule has 8 heteroatoms. The van der Waals surface area contributed by atoms with E-state index in [9.17, 15) is 9.59 Å². The lowest BCUT2D eigenvalue weighted by Gasteiger charge is -2.19. The second-order valence-corrected chi connectivity index (χ2v) is 6.49. The van der Waals surface area contributed by atoms with Crippen molar-refractivity contribution in [2.45, 2.75) is 39.0 Å². The summed E-state index contributed by atoms with van der Waals surface area (Å²) >= 11 is 0. The number of ether oxygens (including phenoxy) is 3. The normalized spacial score (nSPS) is 16.4. The fourth-order valence-electron chi connectivity index (χ4n) is 1.96. The van der Waals surface area contributed by atoms with E-state index in [0.29, 0.717) is 6.54 Å². The Morgan fingerprint density at radius 2 is 1.96 bits per heavy atom. The molecular weight excluding hydrogens is 326 g/mol. The van der Waals surface area contributed by atoms with Crippen LogP contribution in [0.5, 0.6) is 0 Å². The van der Waals surface area contributed by atoms with E-state index in [1.807, 2.05) is 30.3 Å². The number of nitrogens with one attached hydrogen (secondary N) is 2. The van der Waals surface area contributed by atoms with Gasteiger partial charge < -0.3 is 19.5 Å². The maximum Gasteiger partial charge on any atom is 0.508 e. The molecule has 1 aliphatic rings. The van der Waals surface area contributed by atoms with Crippen LogP contribution < -0.4 is 10.6 Å². The molecule has 0 radical (unpaired) electrons. The van der Waals surface area contributed by atoms with Gasteiger partial charge in [-0.3, -0.25) is 10.3 Å². The van der Waals surface area contributed by atoms with Gasteiger partial charge in [-0.15, -0.1) is 0 Å². The molecule has 2 rings (SSSR count). The van der Waals surface area contributed by atoms with Crippen LogP contribution in [0.2, 0.25) is 0 Å². The number of carbonyl (C=O) groups excluding carboxylic acids is 2. The zero-order valence-electron chi connectivity index (χ0n) is 14.6. The maximum absolute atomic E-state index is 11.7. The second-order valence-electron chi connectivity index (χ2n) is 6.49. The Balaban J connectivity index is 1.65. The molecule has 0 aromatic heterocycles. The SMILES string of the molecule is CC(C)(C)OC(=O)OCC1CN=C(NC(=O)OCc2ccccc2)N1. The third-order valence-electron chi connectivity index (χ3n) is 3.04. The number of carbonyl (C=O) groups is 2. The number of benzene rings is 1. The molecule has 1 unspecified atom stereocenters. The fourth-order valence-corrected chi connectivity index (χ4v) is 1.96. The summed E-state index contributed by atoms with van der Waals surface area (Å²) in [7, 11) is 0. The standard InChI is InChI=1S/C17H23N3O5/c1-17(2,3)25-16(22)24-11-13-9-18-14(19-13)20-15(21)23-10-12-7-5-4-6-8-12/h4-8,13H,9-11H2,1-3H3,(H2,18,19,20,21). The van der Waals surface area contributed by atoms with Crippen LogP contribution in [0.4, 0.5) is 9.59 Å². The summed E-state index contributed by atoms with van der Waals surface area (Å²) < 4.78 is 15.2. The van der Waals surface area contributed by atoms with Gasteiger partial charge in [0.1, 0.15) is 18.8 Å². The minimum Gasteiger partial charge on any atom is -0.444 e. The summed E-state index contributed by atoms with van der Waals surface area (Å²) in [6.45, 7) is 5.90. The molecule has 0 aliphatic carbocycles. The van der Waals surface area contributed by atoms with Crippen LogP contribution in [0.25, 0.3) is 0 Å². The molecule has 0 saturated carbocycles. The van der Waals surface area contributed by atoms with E-state index in [2.05, 4.69) is 15.6 Å².